The Morgan fingerprint density at radius 3 is 1.95 bits per heavy atom. The number of rotatable bonds is 5. The Kier molecular flexibility index (Phi) is 4.99. The van der Waals surface area contributed by atoms with Crippen LogP contribution in [0.15, 0.2) is 60.2 Å². The van der Waals surface area contributed by atoms with Gasteiger partial charge in [0.2, 0.25) is 0 Å². The molecule has 1 N–H and O–H groups in total. The molecule has 0 saturated heterocycles. The van der Waals surface area contributed by atoms with Crippen molar-refractivity contribution in [2.24, 2.45) is 0 Å². The summed E-state index contributed by atoms with van der Waals surface area (Å²) in [5.74, 6) is -0.893. The van der Waals surface area contributed by atoms with Crippen LogP contribution < -0.4 is 4.90 Å². The van der Waals surface area contributed by atoms with Gasteiger partial charge in [-0.25, -0.2) is 4.79 Å². The molecule has 2 aromatic carbocycles. The van der Waals surface area contributed by atoms with E-state index in [1.807, 2.05) is 33.2 Å². The molecule has 22 heavy (non-hydrogen) atoms. The molecule has 0 spiro atoms. The van der Waals surface area contributed by atoms with Gasteiger partial charge < -0.3 is 10.0 Å². The number of aliphatic carboxylic acids is 1. The van der Waals surface area contributed by atoms with E-state index in [0.717, 1.165) is 16.7 Å². The maximum atomic E-state index is 10.6. The zero-order valence-electron chi connectivity index (χ0n) is 13.2. The average molecular weight is 295 g/mol. The van der Waals surface area contributed by atoms with Crippen molar-refractivity contribution in [3.05, 3.63) is 65.7 Å². The van der Waals surface area contributed by atoms with Crippen LogP contribution in [0.3, 0.4) is 0 Å². The molecule has 0 aliphatic heterocycles. The number of hydrogen-bond donors (Lipinski definition) is 1. The molecule has 0 aromatic heterocycles. The van der Waals surface area contributed by atoms with Gasteiger partial charge in [0.1, 0.15) is 0 Å². The van der Waals surface area contributed by atoms with Gasteiger partial charge in [-0.2, -0.15) is 0 Å². The van der Waals surface area contributed by atoms with Crippen molar-refractivity contribution >= 4 is 11.7 Å². The van der Waals surface area contributed by atoms with E-state index in [1.165, 1.54) is 17.3 Å². The molecule has 2 rings (SSSR count). The van der Waals surface area contributed by atoms with Gasteiger partial charge in [-0.05, 0) is 42.2 Å². The SMILES string of the molecule is C/C(=C\C(=O)O)Cc1ccc(-c2ccc(N(C)C)cc2)cc1. The first kappa shape index (κ1) is 15.8. The third-order valence-electron chi connectivity index (χ3n) is 3.52. The van der Waals surface area contributed by atoms with Crippen molar-refractivity contribution in [3.63, 3.8) is 0 Å². The van der Waals surface area contributed by atoms with Gasteiger partial charge in [-0.15, -0.1) is 0 Å². The topological polar surface area (TPSA) is 40.5 Å². The Hall–Kier alpha value is -2.55. The van der Waals surface area contributed by atoms with Gasteiger partial charge in [0.05, 0.1) is 0 Å². The number of carboxylic acid groups (broad SMARTS) is 1. The highest BCUT2D eigenvalue weighted by atomic mass is 16.4. The Labute approximate surface area is 131 Å². The molecule has 0 saturated carbocycles. The van der Waals surface area contributed by atoms with E-state index in [2.05, 4.69) is 41.3 Å². The summed E-state index contributed by atoms with van der Waals surface area (Å²) in [4.78, 5) is 12.7. The van der Waals surface area contributed by atoms with Gasteiger partial charge >= 0.3 is 5.97 Å². The summed E-state index contributed by atoms with van der Waals surface area (Å²) >= 11 is 0. The van der Waals surface area contributed by atoms with Crippen molar-refractivity contribution in [3.8, 4) is 11.1 Å². The van der Waals surface area contributed by atoms with Crippen LogP contribution in [0.5, 0.6) is 0 Å². The van der Waals surface area contributed by atoms with Crippen LogP contribution in [0, 0.1) is 0 Å². The Morgan fingerprint density at radius 1 is 1.00 bits per heavy atom. The van der Waals surface area contributed by atoms with Gasteiger partial charge in [0.15, 0.2) is 0 Å². The zero-order valence-corrected chi connectivity index (χ0v) is 13.2. The first-order valence-corrected chi connectivity index (χ1v) is 7.22. The van der Waals surface area contributed by atoms with E-state index >= 15 is 0 Å². The predicted octanol–water partition coefficient (Wildman–Crippen LogP) is 3.99. The summed E-state index contributed by atoms with van der Waals surface area (Å²) in [5.41, 5.74) is 5.47. The molecule has 0 aliphatic rings. The number of nitrogens with zero attached hydrogens (tertiary/aromatic N) is 1. The van der Waals surface area contributed by atoms with Crippen LogP contribution in [0.2, 0.25) is 0 Å². The number of anilines is 1. The first-order valence-electron chi connectivity index (χ1n) is 7.22. The molecule has 0 fully saturated rings. The lowest BCUT2D eigenvalue weighted by atomic mass is 10.0. The molecule has 0 radical (unpaired) electrons. The maximum Gasteiger partial charge on any atom is 0.328 e. The minimum Gasteiger partial charge on any atom is -0.478 e. The molecular weight excluding hydrogens is 274 g/mol. The van der Waals surface area contributed by atoms with Gasteiger partial charge in [0, 0.05) is 25.9 Å². The molecule has 114 valence electrons. The number of carboxylic acids is 1. The Bertz CT molecular complexity index is 668. The highest BCUT2D eigenvalue weighted by molar-refractivity contribution is 5.80. The summed E-state index contributed by atoms with van der Waals surface area (Å²) in [7, 11) is 4.05. The number of allylic oxidation sites excluding steroid dienone is 1. The molecule has 0 unspecified atom stereocenters. The molecule has 3 heteroatoms. The first-order chi connectivity index (χ1) is 10.5. The largest absolute Gasteiger partial charge is 0.478 e. The molecule has 3 nitrogen and oxygen atoms in total. The fraction of sp³-hybridized carbons (Fsp3) is 0.211. The predicted molar refractivity (Wildman–Crippen MR) is 91.3 cm³/mol. The van der Waals surface area contributed by atoms with E-state index < -0.39 is 5.97 Å². The lowest BCUT2D eigenvalue weighted by Crippen LogP contribution is -2.07. The van der Waals surface area contributed by atoms with Crippen LogP contribution in [-0.2, 0) is 11.2 Å². The number of hydrogen-bond acceptors (Lipinski definition) is 2. The molecule has 0 bridgehead atoms. The van der Waals surface area contributed by atoms with Crippen molar-refractivity contribution < 1.29 is 9.90 Å². The summed E-state index contributed by atoms with van der Waals surface area (Å²) in [5, 5.41) is 8.74. The molecule has 0 aliphatic carbocycles. The fourth-order valence-electron chi connectivity index (χ4n) is 2.35. The van der Waals surface area contributed by atoms with E-state index in [0.29, 0.717) is 6.42 Å². The summed E-state index contributed by atoms with van der Waals surface area (Å²) in [6, 6.07) is 16.7. The second-order valence-corrected chi connectivity index (χ2v) is 5.64. The van der Waals surface area contributed by atoms with E-state index in [4.69, 9.17) is 5.11 Å². The fourth-order valence-corrected chi connectivity index (χ4v) is 2.35. The zero-order chi connectivity index (χ0) is 16.1. The molecule has 0 amide bonds. The van der Waals surface area contributed by atoms with Crippen LogP contribution in [0.4, 0.5) is 5.69 Å². The van der Waals surface area contributed by atoms with Crippen molar-refractivity contribution in [2.75, 3.05) is 19.0 Å². The monoisotopic (exact) mass is 295 g/mol. The number of carbonyl (C=O) groups is 1. The number of benzene rings is 2. The van der Waals surface area contributed by atoms with E-state index in [9.17, 15) is 4.79 Å². The minimum atomic E-state index is -0.893. The maximum absolute atomic E-state index is 10.6. The van der Waals surface area contributed by atoms with Crippen LogP contribution in [0.25, 0.3) is 11.1 Å². The van der Waals surface area contributed by atoms with Crippen molar-refractivity contribution in [1.29, 1.82) is 0 Å². The highest BCUT2D eigenvalue weighted by Gasteiger charge is 2.01. The second kappa shape index (κ2) is 6.94. The lowest BCUT2D eigenvalue weighted by Gasteiger charge is -2.13. The van der Waals surface area contributed by atoms with Crippen LogP contribution in [0.1, 0.15) is 12.5 Å². The Morgan fingerprint density at radius 2 is 1.50 bits per heavy atom. The second-order valence-electron chi connectivity index (χ2n) is 5.64. The standard InChI is InChI=1S/C19H21NO2/c1-14(13-19(21)22)12-15-4-6-16(7-5-15)17-8-10-18(11-9-17)20(2)3/h4-11,13H,12H2,1-3H3,(H,21,22)/b14-13+. The minimum absolute atomic E-state index is 0.659. The van der Waals surface area contributed by atoms with Crippen LogP contribution >= 0.6 is 0 Å². The quantitative estimate of drug-likeness (QED) is 0.848. The van der Waals surface area contributed by atoms with Crippen LogP contribution in [-0.4, -0.2) is 25.2 Å². The van der Waals surface area contributed by atoms with E-state index in [1.54, 1.807) is 0 Å². The van der Waals surface area contributed by atoms with Crippen molar-refractivity contribution in [2.45, 2.75) is 13.3 Å². The summed E-state index contributed by atoms with van der Waals surface area (Å²) in [6.07, 6.45) is 1.92. The van der Waals surface area contributed by atoms with Gasteiger partial charge in [-0.1, -0.05) is 42.0 Å². The summed E-state index contributed by atoms with van der Waals surface area (Å²) < 4.78 is 0. The highest BCUT2D eigenvalue weighted by Crippen LogP contribution is 2.23. The average Bonchev–Trinajstić information content (AvgIpc) is 2.47. The summed E-state index contributed by atoms with van der Waals surface area (Å²) in [6.45, 7) is 1.84. The van der Waals surface area contributed by atoms with E-state index in [-0.39, 0.29) is 0 Å². The van der Waals surface area contributed by atoms with Gasteiger partial charge in [0.25, 0.3) is 0 Å². The molecule has 2 aromatic rings. The normalized spacial score (nSPS) is 11.3. The lowest BCUT2D eigenvalue weighted by molar-refractivity contribution is -0.131. The molecule has 0 heterocycles. The Balaban J connectivity index is 2.13. The smallest absolute Gasteiger partial charge is 0.328 e. The third-order valence-corrected chi connectivity index (χ3v) is 3.52. The molecule has 0 atom stereocenters. The van der Waals surface area contributed by atoms with Gasteiger partial charge in [-0.3, -0.25) is 0 Å². The third kappa shape index (κ3) is 4.22. The van der Waals surface area contributed by atoms with Crippen molar-refractivity contribution in [1.82, 2.24) is 0 Å². The molecular formula is C19H21NO2.